The van der Waals surface area contributed by atoms with E-state index in [0.717, 1.165) is 11.1 Å². The van der Waals surface area contributed by atoms with E-state index in [-0.39, 0.29) is 10.6 Å². The van der Waals surface area contributed by atoms with Crippen LogP contribution in [0.1, 0.15) is 11.1 Å². The molecule has 0 unspecified atom stereocenters. The van der Waals surface area contributed by atoms with Gasteiger partial charge in [-0.25, -0.2) is 8.42 Å². The smallest absolute Gasteiger partial charge is 0.246 e. The minimum absolute atomic E-state index is 0.0841. The summed E-state index contributed by atoms with van der Waals surface area (Å²) in [5, 5.41) is 17.0. The number of hydrogen-bond donors (Lipinski definition) is 2. The summed E-state index contributed by atoms with van der Waals surface area (Å²) in [5.41, 5.74) is 2.62. The Kier molecular flexibility index (Phi) is 5.31. The first-order valence-corrected chi connectivity index (χ1v) is 10.7. The molecule has 9 nitrogen and oxygen atoms in total. The number of H-pyrrole nitrogens is 1. The van der Waals surface area contributed by atoms with E-state index in [4.69, 9.17) is 4.74 Å². The number of hydrogen-bond acceptors (Lipinski definition) is 7. The minimum atomic E-state index is -3.76. The van der Waals surface area contributed by atoms with Gasteiger partial charge in [0.2, 0.25) is 15.8 Å². The standard InChI is InChI=1S/C19H22N6O3S/c1-13-9-14(2)11-16(10-13)28-17-4-3-15(19-21-23-24-22-19)12-18(17)29(26,27)25-7-5-20-6-8-25/h3-4,9-12,20H,5-8H2,1-2H3,(H,21,22,23,24). The molecule has 152 valence electrons. The van der Waals surface area contributed by atoms with Crippen LogP contribution >= 0.6 is 0 Å². The van der Waals surface area contributed by atoms with Crippen LogP contribution in [-0.4, -0.2) is 59.5 Å². The number of tetrazole rings is 1. The lowest BCUT2D eigenvalue weighted by Crippen LogP contribution is -2.46. The third-order valence-corrected chi connectivity index (χ3v) is 6.58. The third kappa shape index (κ3) is 4.14. The molecule has 0 atom stereocenters. The van der Waals surface area contributed by atoms with Crippen LogP contribution in [0.15, 0.2) is 41.3 Å². The van der Waals surface area contributed by atoms with E-state index < -0.39 is 10.0 Å². The molecular weight excluding hydrogens is 392 g/mol. The molecule has 0 aliphatic carbocycles. The number of aromatic nitrogens is 4. The normalized spacial score (nSPS) is 15.4. The van der Waals surface area contributed by atoms with Crippen LogP contribution in [0.5, 0.6) is 11.5 Å². The van der Waals surface area contributed by atoms with Gasteiger partial charge < -0.3 is 10.1 Å². The second-order valence-corrected chi connectivity index (χ2v) is 8.88. The van der Waals surface area contributed by atoms with Crippen molar-refractivity contribution in [3.05, 3.63) is 47.5 Å². The lowest BCUT2D eigenvalue weighted by atomic mass is 10.1. The van der Waals surface area contributed by atoms with Crippen molar-refractivity contribution in [3.8, 4) is 22.9 Å². The number of nitrogens with one attached hydrogen (secondary N) is 2. The van der Waals surface area contributed by atoms with Crippen LogP contribution in [0.25, 0.3) is 11.4 Å². The fraction of sp³-hybridized carbons (Fsp3) is 0.316. The van der Waals surface area contributed by atoms with E-state index in [1.807, 2.05) is 32.0 Å². The Balaban J connectivity index is 1.79. The van der Waals surface area contributed by atoms with E-state index in [0.29, 0.717) is 43.3 Å². The Morgan fingerprint density at radius 2 is 1.76 bits per heavy atom. The molecule has 29 heavy (non-hydrogen) atoms. The predicted octanol–water partition coefficient (Wildman–Crippen LogP) is 1.87. The SMILES string of the molecule is Cc1cc(C)cc(Oc2ccc(-c3nn[nH]n3)cc2S(=O)(=O)N2CCNCC2)c1. The number of piperazine rings is 1. The number of nitrogens with zero attached hydrogens (tertiary/aromatic N) is 4. The molecule has 1 aliphatic rings. The van der Waals surface area contributed by atoms with E-state index in [9.17, 15) is 8.42 Å². The number of aryl methyl sites for hydroxylation is 2. The maximum absolute atomic E-state index is 13.4. The van der Waals surface area contributed by atoms with Crippen LogP contribution in [0.3, 0.4) is 0 Å². The molecule has 0 bridgehead atoms. The lowest BCUT2D eigenvalue weighted by Gasteiger charge is -2.27. The molecule has 10 heteroatoms. The largest absolute Gasteiger partial charge is 0.456 e. The van der Waals surface area contributed by atoms with Gasteiger partial charge in [0.05, 0.1) is 0 Å². The zero-order valence-electron chi connectivity index (χ0n) is 16.2. The Bertz CT molecular complexity index is 1090. The monoisotopic (exact) mass is 414 g/mol. The molecule has 1 fully saturated rings. The number of aromatic amines is 1. The van der Waals surface area contributed by atoms with Gasteiger partial charge in [0.15, 0.2) is 0 Å². The summed E-state index contributed by atoms with van der Waals surface area (Å²) in [6, 6.07) is 10.7. The third-order valence-electron chi connectivity index (χ3n) is 4.66. The van der Waals surface area contributed by atoms with Gasteiger partial charge in [-0.3, -0.25) is 0 Å². The Labute approximate surface area is 169 Å². The van der Waals surface area contributed by atoms with Crippen molar-refractivity contribution >= 4 is 10.0 Å². The molecule has 4 rings (SSSR count). The number of benzene rings is 2. The molecule has 1 saturated heterocycles. The fourth-order valence-corrected chi connectivity index (χ4v) is 4.94. The molecule has 2 aromatic carbocycles. The first kappa shape index (κ1) is 19.5. The summed E-state index contributed by atoms with van der Waals surface area (Å²) in [6.07, 6.45) is 0. The number of ether oxygens (including phenoxy) is 1. The fourth-order valence-electron chi connectivity index (χ4n) is 3.36. The van der Waals surface area contributed by atoms with E-state index in [1.165, 1.54) is 4.31 Å². The minimum Gasteiger partial charge on any atom is -0.456 e. The number of sulfonamides is 1. The van der Waals surface area contributed by atoms with Crippen molar-refractivity contribution in [2.75, 3.05) is 26.2 Å². The molecule has 0 radical (unpaired) electrons. The van der Waals surface area contributed by atoms with Crippen LogP contribution in [0.2, 0.25) is 0 Å². The van der Waals surface area contributed by atoms with Crippen LogP contribution in [-0.2, 0) is 10.0 Å². The Morgan fingerprint density at radius 1 is 1.03 bits per heavy atom. The summed E-state index contributed by atoms with van der Waals surface area (Å²) in [5.74, 6) is 1.17. The number of rotatable bonds is 5. The van der Waals surface area contributed by atoms with Crippen molar-refractivity contribution in [1.29, 1.82) is 0 Å². The highest BCUT2D eigenvalue weighted by Crippen LogP contribution is 2.34. The molecule has 0 spiro atoms. The van der Waals surface area contributed by atoms with Gasteiger partial charge in [-0.15, -0.1) is 10.2 Å². The van der Waals surface area contributed by atoms with Crippen molar-refractivity contribution in [2.24, 2.45) is 0 Å². The molecular formula is C19H22N6O3S. The van der Waals surface area contributed by atoms with Crippen molar-refractivity contribution < 1.29 is 13.2 Å². The average Bonchev–Trinajstić information content (AvgIpc) is 3.23. The van der Waals surface area contributed by atoms with Crippen LogP contribution < -0.4 is 10.1 Å². The van der Waals surface area contributed by atoms with Gasteiger partial charge in [-0.1, -0.05) is 6.07 Å². The first-order valence-electron chi connectivity index (χ1n) is 9.28. The van der Waals surface area contributed by atoms with Crippen molar-refractivity contribution in [3.63, 3.8) is 0 Å². The quantitative estimate of drug-likeness (QED) is 0.655. The highest BCUT2D eigenvalue weighted by atomic mass is 32.2. The summed E-state index contributed by atoms with van der Waals surface area (Å²) in [7, 11) is -3.76. The van der Waals surface area contributed by atoms with Crippen molar-refractivity contribution in [1.82, 2.24) is 30.2 Å². The Morgan fingerprint density at radius 3 is 2.41 bits per heavy atom. The summed E-state index contributed by atoms with van der Waals surface area (Å²) in [6.45, 7) is 5.96. The van der Waals surface area contributed by atoms with Crippen LogP contribution in [0.4, 0.5) is 0 Å². The molecule has 3 aromatic rings. The van der Waals surface area contributed by atoms with Gasteiger partial charge in [-0.05, 0) is 60.5 Å². The van der Waals surface area contributed by atoms with Gasteiger partial charge in [0, 0.05) is 31.7 Å². The molecule has 2 heterocycles. The molecule has 2 N–H and O–H groups in total. The van der Waals surface area contributed by atoms with E-state index in [2.05, 4.69) is 25.9 Å². The zero-order valence-corrected chi connectivity index (χ0v) is 17.0. The van der Waals surface area contributed by atoms with Gasteiger partial charge in [0.1, 0.15) is 16.4 Å². The van der Waals surface area contributed by atoms with Gasteiger partial charge >= 0.3 is 0 Å². The van der Waals surface area contributed by atoms with E-state index >= 15 is 0 Å². The maximum Gasteiger partial charge on any atom is 0.246 e. The van der Waals surface area contributed by atoms with Gasteiger partial charge in [0.25, 0.3) is 0 Å². The lowest BCUT2D eigenvalue weighted by molar-refractivity contribution is 0.358. The predicted molar refractivity (Wildman–Crippen MR) is 107 cm³/mol. The highest BCUT2D eigenvalue weighted by Gasteiger charge is 2.30. The van der Waals surface area contributed by atoms with Crippen LogP contribution in [0, 0.1) is 13.8 Å². The molecule has 1 aromatic heterocycles. The maximum atomic E-state index is 13.4. The summed E-state index contributed by atoms with van der Waals surface area (Å²) < 4.78 is 34.3. The molecule has 0 saturated carbocycles. The van der Waals surface area contributed by atoms with E-state index in [1.54, 1.807) is 18.2 Å². The summed E-state index contributed by atoms with van der Waals surface area (Å²) >= 11 is 0. The first-order chi connectivity index (χ1) is 13.9. The highest BCUT2D eigenvalue weighted by molar-refractivity contribution is 7.89. The Hall–Kier alpha value is -2.82. The second kappa shape index (κ2) is 7.90. The second-order valence-electron chi connectivity index (χ2n) is 6.98. The summed E-state index contributed by atoms with van der Waals surface area (Å²) in [4.78, 5) is 0.0841. The topological polar surface area (TPSA) is 113 Å². The molecule has 0 amide bonds. The van der Waals surface area contributed by atoms with Crippen molar-refractivity contribution in [2.45, 2.75) is 18.7 Å². The molecule has 1 aliphatic heterocycles. The average molecular weight is 414 g/mol. The zero-order chi connectivity index (χ0) is 20.4. The van der Waals surface area contributed by atoms with Gasteiger partial charge in [-0.2, -0.15) is 9.52 Å².